The Balaban J connectivity index is 1.78. The maximum atomic E-state index is 5.84. The molecule has 2 atom stereocenters. The molecule has 0 aromatic heterocycles. The van der Waals surface area contributed by atoms with E-state index in [1.165, 1.54) is 18.4 Å². The van der Waals surface area contributed by atoms with Crippen LogP contribution in [0.15, 0.2) is 12.1 Å². The molecule has 5 nitrogen and oxygen atoms in total. The second-order valence-electron chi connectivity index (χ2n) is 5.99. The van der Waals surface area contributed by atoms with E-state index >= 15 is 0 Å². The van der Waals surface area contributed by atoms with E-state index in [9.17, 15) is 0 Å². The molecule has 0 radical (unpaired) electrons. The molecule has 5 heteroatoms. The van der Waals surface area contributed by atoms with Gasteiger partial charge in [-0.25, -0.2) is 0 Å². The number of fused-ring (bicyclic) bond motifs is 1. The summed E-state index contributed by atoms with van der Waals surface area (Å²) >= 11 is 0. The second kappa shape index (κ2) is 6.12. The van der Waals surface area contributed by atoms with Gasteiger partial charge in [-0.05, 0) is 49.9 Å². The summed E-state index contributed by atoms with van der Waals surface area (Å²) in [5.74, 6) is 2.86. The lowest BCUT2D eigenvalue weighted by atomic mass is 9.93. The van der Waals surface area contributed by atoms with E-state index in [2.05, 4.69) is 17.9 Å². The van der Waals surface area contributed by atoms with Crippen molar-refractivity contribution in [3.05, 3.63) is 17.7 Å². The molecular formula is C16H24N2O3. The third-order valence-electron chi connectivity index (χ3n) is 4.55. The van der Waals surface area contributed by atoms with Gasteiger partial charge in [0.05, 0.1) is 7.11 Å². The molecule has 1 aromatic rings. The Hall–Kier alpha value is -1.46. The normalized spacial score (nSPS) is 25.1. The molecule has 0 saturated carbocycles. The number of nitrogens with two attached hydrogens (primary N) is 1. The second-order valence-corrected chi connectivity index (χ2v) is 5.99. The summed E-state index contributed by atoms with van der Waals surface area (Å²) in [4.78, 5) is 2.50. The van der Waals surface area contributed by atoms with Crippen LogP contribution in [0.2, 0.25) is 0 Å². The maximum Gasteiger partial charge on any atom is 0.231 e. The van der Waals surface area contributed by atoms with Crippen LogP contribution < -0.4 is 19.9 Å². The number of nitrogens with zero attached hydrogens (tertiary/aromatic N) is 1. The zero-order valence-corrected chi connectivity index (χ0v) is 12.8. The van der Waals surface area contributed by atoms with E-state index in [1.807, 2.05) is 6.07 Å². The Morgan fingerprint density at radius 2 is 2.19 bits per heavy atom. The zero-order valence-electron chi connectivity index (χ0n) is 12.8. The average Bonchev–Trinajstić information content (AvgIpc) is 2.97. The van der Waals surface area contributed by atoms with Gasteiger partial charge >= 0.3 is 0 Å². The smallest absolute Gasteiger partial charge is 0.231 e. The quantitative estimate of drug-likeness (QED) is 0.919. The van der Waals surface area contributed by atoms with Crippen molar-refractivity contribution < 1.29 is 14.2 Å². The van der Waals surface area contributed by atoms with Crippen LogP contribution in [0.4, 0.5) is 0 Å². The summed E-state index contributed by atoms with van der Waals surface area (Å²) in [6.07, 6.45) is 2.45. The van der Waals surface area contributed by atoms with Gasteiger partial charge in [-0.2, -0.15) is 0 Å². The van der Waals surface area contributed by atoms with E-state index < -0.39 is 0 Å². The van der Waals surface area contributed by atoms with Crippen molar-refractivity contribution in [1.29, 1.82) is 0 Å². The molecule has 21 heavy (non-hydrogen) atoms. The van der Waals surface area contributed by atoms with Crippen molar-refractivity contribution in [3.63, 3.8) is 0 Å². The van der Waals surface area contributed by atoms with Gasteiger partial charge in [-0.3, -0.25) is 4.90 Å². The molecular weight excluding hydrogens is 268 g/mol. The van der Waals surface area contributed by atoms with E-state index in [0.29, 0.717) is 17.7 Å². The first kappa shape index (κ1) is 14.5. The van der Waals surface area contributed by atoms with Crippen molar-refractivity contribution in [2.75, 3.05) is 27.0 Å². The highest BCUT2D eigenvalue weighted by Gasteiger charge is 2.26. The predicted octanol–water partition coefficient (Wildman–Crippen LogP) is 1.98. The third kappa shape index (κ3) is 2.94. The minimum atomic E-state index is 0.268. The Morgan fingerprint density at radius 1 is 1.33 bits per heavy atom. The molecule has 1 aromatic carbocycles. The Bertz CT molecular complexity index is 507. The summed E-state index contributed by atoms with van der Waals surface area (Å²) < 4.78 is 16.4. The van der Waals surface area contributed by atoms with Crippen LogP contribution in [0, 0.1) is 5.92 Å². The number of methoxy groups -OCH3 is 1. The molecule has 2 aliphatic rings. The van der Waals surface area contributed by atoms with Gasteiger partial charge in [0.25, 0.3) is 0 Å². The highest BCUT2D eigenvalue weighted by molar-refractivity contribution is 5.55. The van der Waals surface area contributed by atoms with E-state index in [4.69, 9.17) is 19.9 Å². The first-order chi connectivity index (χ1) is 10.2. The predicted molar refractivity (Wildman–Crippen MR) is 80.8 cm³/mol. The Morgan fingerprint density at radius 3 is 2.95 bits per heavy atom. The molecule has 2 aliphatic heterocycles. The van der Waals surface area contributed by atoms with Crippen LogP contribution in [0.1, 0.15) is 25.3 Å². The van der Waals surface area contributed by atoms with Crippen LogP contribution in [0.5, 0.6) is 17.2 Å². The van der Waals surface area contributed by atoms with Crippen LogP contribution in [0.3, 0.4) is 0 Å². The van der Waals surface area contributed by atoms with Crippen molar-refractivity contribution in [2.45, 2.75) is 32.4 Å². The van der Waals surface area contributed by atoms with Gasteiger partial charge in [0.2, 0.25) is 12.5 Å². The van der Waals surface area contributed by atoms with Crippen molar-refractivity contribution in [1.82, 2.24) is 4.90 Å². The van der Waals surface area contributed by atoms with Gasteiger partial charge in [0.15, 0.2) is 11.5 Å². The summed E-state index contributed by atoms with van der Waals surface area (Å²) in [5, 5.41) is 0. The largest absolute Gasteiger partial charge is 0.493 e. The molecule has 0 spiro atoms. The van der Waals surface area contributed by atoms with Crippen LogP contribution in [0.25, 0.3) is 0 Å². The van der Waals surface area contributed by atoms with Gasteiger partial charge in [0.1, 0.15) is 0 Å². The van der Waals surface area contributed by atoms with Crippen LogP contribution in [-0.2, 0) is 6.54 Å². The lowest BCUT2D eigenvalue weighted by Gasteiger charge is -2.37. The molecule has 1 fully saturated rings. The highest BCUT2D eigenvalue weighted by atomic mass is 16.7. The third-order valence-corrected chi connectivity index (χ3v) is 4.55. The minimum Gasteiger partial charge on any atom is -0.493 e. The molecule has 2 heterocycles. The monoisotopic (exact) mass is 292 g/mol. The standard InChI is InChI=1S/C16H24N2O3/c1-11-3-4-12(7-17)8-18(11)9-13-5-14(19-2)16-15(6-13)20-10-21-16/h5-6,11-12H,3-4,7-10,17H2,1-2H3. The maximum absolute atomic E-state index is 5.84. The number of hydrogen-bond acceptors (Lipinski definition) is 5. The minimum absolute atomic E-state index is 0.268. The summed E-state index contributed by atoms with van der Waals surface area (Å²) in [6.45, 7) is 5.29. The Kier molecular flexibility index (Phi) is 4.22. The number of ether oxygens (including phenoxy) is 3. The van der Waals surface area contributed by atoms with Gasteiger partial charge in [-0.15, -0.1) is 0 Å². The SMILES string of the molecule is COc1cc(CN2CC(CN)CCC2C)cc2c1OCO2. The van der Waals surface area contributed by atoms with Crippen LogP contribution >= 0.6 is 0 Å². The number of likely N-dealkylation sites (tertiary alicyclic amines) is 1. The molecule has 0 amide bonds. The average molecular weight is 292 g/mol. The highest BCUT2D eigenvalue weighted by Crippen LogP contribution is 2.42. The topological polar surface area (TPSA) is 57.0 Å². The Labute approximate surface area is 126 Å². The van der Waals surface area contributed by atoms with Gasteiger partial charge < -0.3 is 19.9 Å². The van der Waals surface area contributed by atoms with Crippen molar-refractivity contribution >= 4 is 0 Å². The lowest BCUT2D eigenvalue weighted by Crippen LogP contribution is -2.43. The van der Waals surface area contributed by atoms with Gasteiger partial charge in [0, 0.05) is 19.1 Å². The lowest BCUT2D eigenvalue weighted by molar-refractivity contribution is 0.113. The number of benzene rings is 1. The fourth-order valence-corrected chi connectivity index (χ4v) is 3.18. The van der Waals surface area contributed by atoms with Crippen LogP contribution in [-0.4, -0.2) is 37.9 Å². The molecule has 0 aliphatic carbocycles. The molecule has 116 valence electrons. The number of piperidine rings is 1. The molecule has 3 rings (SSSR count). The first-order valence-electron chi connectivity index (χ1n) is 7.62. The molecule has 1 saturated heterocycles. The number of rotatable bonds is 4. The van der Waals surface area contributed by atoms with Gasteiger partial charge in [-0.1, -0.05) is 0 Å². The van der Waals surface area contributed by atoms with E-state index in [0.717, 1.165) is 31.1 Å². The van der Waals surface area contributed by atoms with E-state index in [-0.39, 0.29) is 6.79 Å². The zero-order chi connectivity index (χ0) is 14.8. The molecule has 2 N–H and O–H groups in total. The van der Waals surface area contributed by atoms with Crippen molar-refractivity contribution in [2.24, 2.45) is 11.7 Å². The van der Waals surface area contributed by atoms with Crippen molar-refractivity contribution in [3.8, 4) is 17.2 Å². The fraction of sp³-hybridized carbons (Fsp3) is 0.625. The van der Waals surface area contributed by atoms with E-state index in [1.54, 1.807) is 7.11 Å². The molecule has 2 unspecified atom stereocenters. The first-order valence-corrected chi connectivity index (χ1v) is 7.62. The number of hydrogen-bond donors (Lipinski definition) is 1. The molecule has 0 bridgehead atoms. The fourth-order valence-electron chi connectivity index (χ4n) is 3.18. The summed E-state index contributed by atoms with van der Waals surface area (Å²) in [6, 6.07) is 4.69. The summed E-state index contributed by atoms with van der Waals surface area (Å²) in [7, 11) is 1.66. The summed E-state index contributed by atoms with van der Waals surface area (Å²) in [5.41, 5.74) is 7.04.